The number of alkyl halides is 1. The van der Waals surface area contributed by atoms with Crippen LogP contribution in [0.1, 0.15) is 22.8 Å². The van der Waals surface area contributed by atoms with Crippen LogP contribution in [0.25, 0.3) is 0 Å². The topological polar surface area (TPSA) is 17.1 Å². The maximum Gasteiger partial charge on any atom is 0.177 e. The van der Waals surface area contributed by atoms with Crippen LogP contribution in [-0.2, 0) is 0 Å². The SMILES string of the molecule is Cc1cccc(Cl)c1C(=O)C(C)Br. The molecule has 0 heterocycles. The first kappa shape index (κ1) is 10.7. The van der Waals surface area contributed by atoms with E-state index < -0.39 is 0 Å². The number of aryl methyl sites for hydroxylation is 1. The van der Waals surface area contributed by atoms with Gasteiger partial charge in [-0.05, 0) is 25.5 Å². The molecule has 0 aliphatic rings. The maximum absolute atomic E-state index is 11.7. The summed E-state index contributed by atoms with van der Waals surface area (Å²) in [6, 6.07) is 5.46. The Morgan fingerprint density at radius 1 is 1.54 bits per heavy atom. The van der Waals surface area contributed by atoms with Crippen LogP contribution in [0.5, 0.6) is 0 Å². The highest BCUT2D eigenvalue weighted by Crippen LogP contribution is 2.22. The van der Waals surface area contributed by atoms with Crippen molar-refractivity contribution < 1.29 is 4.79 Å². The van der Waals surface area contributed by atoms with Crippen LogP contribution in [0.2, 0.25) is 5.02 Å². The number of Topliss-reactive ketones (excluding diaryl/α,β-unsaturated/α-hetero) is 1. The largest absolute Gasteiger partial charge is 0.293 e. The van der Waals surface area contributed by atoms with E-state index in [1.165, 1.54) is 0 Å². The molecule has 0 bridgehead atoms. The van der Waals surface area contributed by atoms with Gasteiger partial charge in [0.15, 0.2) is 5.78 Å². The predicted molar refractivity (Wildman–Crippen MR) is 58.9 cm³/mol. The molecule has 1 aromatic rings. The van der Waals surface area contributed by atoms with E-state index in [-0.39, 0.29) is 10.6 Å². The lowest BCUT2D eigenvalue weighted by molar-refractivity contribution is 0.0995. The monoisotopic (exact) mass is 260 g/mol. The van der Waals surface area contributed by atoms with Crippen molar-refractivity contribution in [1.29, 1.82) is 0 Å². The van der Waals surface area contributed by atoms with Gasteiger partial charge in [0.05, 0.1) is 9.85 Å². The molecule has 0 radical (unpaired) electrons. The second-order valence-corrected chi connectivity index (χ2v) is 4.69. The first-order chi connectivity index (χ1) is 6.04. The van der Waals surface area contributed by atoms with Crippen molar-refractivity contribution in [3.63, 3.8) is 0 Å². The molecule has 0 aliphatic heterocycles. The van der Waals surface area contributed by atoms with E-state index in [9.17, 15) is 4.79 Å². The van der Waals surface area contributed by atoms with Crippen LogP contribution in [-0.4, -0.2) is 10.6 Å². The van der Waals surface area contributed by atoms with Gasteiger partial charge in [0.25, 0.3) is 0 Å². The fourth-order valence-electron chi connectivity index (χ4n) is 1.14. The summed E-state index contributed by atoms with van der Waals surface area (Å²) in [5, 5.41) is 0.524. The zero-order valence-corrected chi connectivity index (χ0v) is 9.82. The minimum absolute atomic E-state index is 0.0306. The first-order valence-corrected chi connectivity index (χ1v) is 5.27. The summed E-state index contributed by atoms with van der Waals surface area (Å²) < 4.78 is 0. The molecule has 1 aromatic carbocycles. The smallest absolute Gasteiger partial charge is 0.177 e. The second-order valence-electron chi connectivity index (χ2n) is 2.91. The van der Waals surface area contributed by atoms with Gasteiger partial charge in [-0.25, -0.2) is 0 Å². The highest BCUT2D eigenvalue weighted by molar-refractivity contribution is 9.10. The first-order valence-electron chi connectivity index (χ1n) is 3.97. The Labute approximate surface area is 91.2 Å². The normalized spacial score (nSPS) is 12.6. The molecule has 0 aliphatic carbocycles. The fourth-order valence-corrected chi connectivity index (χ4v) is 1.69. The molecule has 1 nitrogen and oxygen atoms in total. The van der Waals surface area contributed by atoms with Gasteiger partial charge in [-0.1, -0.05) is 39.7 Å². The van der Waals surface area contributed by atoms with E-state index in [4.69, 9.17) is 11.6 Å². The fraction of sp³-hybridized carbons (Fsp3) is 0.300. The molecular formula is C10H10BrClO. The van der Waals surface area contributed by atoms with Crippen LogP contribution in [0.4, 0.5) is 0 Å². The quantitative estimate of drug-likeness (QED) is 0.587. The number of hydrogen-bond donors (Lipinski definition) is 0. The molecule has 1 atom stereocenters. The zero-order valence-electron chi connectivity index (χ0n) is 7.47. The van der Waals surface area contributed by atoms with Gasteiger partial charge in [0.1, 0.15) is 0 Å². The van der Waals surface area contributed by atoms with Gasteiger partial charge in [0, 0.05) is 5.56 Å². The average Bonchev–Trinajstić information content (AvgIpc) is 2.03. The van der Waals surface area contributed by atoms with Crippen molar-refractivity contribution in [3.05, 3.63) is 34.3 Å². The summed E-state index contributed by atoms with van der Waals surface area (Å²) in [5.41, 5.74) is 1.54. The summed E-state index contributed by atoms with van der Waals surface area (Å²) in [6.45, 7) is 3.68. The van der Waals surface area contributed by atoms with Crippen molar-refractivity contribution in [3.8, 4) is 0 Å². The molecule has 0 N–H and O–H groups in total. The third-order valence-corrected chi connectivity index (χ3v) is 2.56. The zero-order chi connectivity index (χ0) is 10.0. The Balaban J connectivity index is 3.20. The minimum Gasteiger partial charge on any atom is -0.293 e. The molecule has 70 valence electrons. The lowest BCUT2D eigenvalue weighted by atomic mass is 10.0. The van der Waals surface area contributed by atoms with Crippen LogP contribution in [0.15, 0.2) is 18.2 Å². The summed E-state index contributed by atoms with van der Waals surface area (Å²) in [4.78, 5) is 11.5. The maximum atomic E-state index is 11.7. The molecule has 0 saturated heterocycles. The third-order valence-electron chi connectivity index (χ3n) is 1.83. The Morgan fingerprint density at radius 2 is 2.15 bits per heavy atom. The van der Waals surface area contributed by atoms with Crippen molar-refractivity contribution in [2.45, 2.75) is 18.7 Å². The van der Waals surface area contributed by atoms with Crippen molar-refractivity contribution in [2.75, 3.05) is 0 Å². The average molecular weight is 262 g/mol. The molecule has 1 rings (SSSR count). The van der Waals surface area contributed by atoms with Gasteiger partial charge in [-0.2, -0.15) is 0 Å². The highest BCUT2D eigenvalue weighted by Gasteiger charge is 2.16. The number of rotatable bonds is 2. The van der Waals surface area contributed by atoms with E-state index in [0.29, 0.717) is 10.6 Å². The Morgan fingerprint density at radius 3 is 2.62 bits per heavy atom. The van der Waals surface area contributed by atoms with E-state index in [2.05, 4.69) is 15.9 Å². The number of carbonyl (C=O) groups excluding carboxylic acids is 1. The Bertz CT molecular complexity index is 313. The molecule has 0 aromatic heterocycles. The molecular weight excluding hydrogens is 251 g/mol. The molecule has 13 heavy (non-hydrogen) atoms. The van der Waals surface area contributed by atoms with E-state index in [1.54, 1.807) is 13.0 Å². The number of halogens is 2. The van der Waals surface area contributed by atoms with Gasteiger partial charge in [0.2, 0.25) is 0 Å². The highest BCUT2D eigenvalue weighted by atomic mass is 79.9. The van der Waals surface area contributed by atoms with E-state index >= 15 is 0 Å². The standard InChI is InChI=1S/C10H10BrClO/c1-6-4-3-5-8(12)9(6)10(13)7(2)11/h3-5,7H,1-2H3. The van der Waals surface area contributed by atoms with Crippen molar-refractivity contribution in [1.82, 2.24) is 0 Å². The van der Waals surface area contributed by atoms with Gasteiger partial charge in [-0.15, -0.1) is 0 Å². The lowest BCUT2D eigenvalue weighted by Gasteiger charge is -2.08. The van der Waals surface area contributed by atoms with Crippen LogP contribution in [0.3, 0.4) is 0 Å². The van der Waals surface area contributed by atoms with Gasteiger partial charge < -0.3 is 0 Å². The van der Waals surface area contributed by atoms with Crippen LogP contribution in [0, 0.1) is 6.92 Å². The summed E-state index contributed by atoms with van der Waals surface area (Å²) in [7, 11) is 0. The molecule has 0 amide bonds. The molecule has 1 unspecified atom stereocenters. The van der Waals surface area contributed by atoms with Gasteiger partial charge >= 0.3 is 0 Å². The predicted octanol–water partition coefficient (Wildman–Crippen LogP) is 3.61. The number of ketones is 1. The van der Waals surface area contributed by atoms with Crippen molar-refractivity contribution in [2.24, 2.45) is 0 Å². The lowest BCUT2D eigenvalue weighted by Crippen LogP contribution is -2.12. The number of carbonyl (C=O) groups is 1. The molecule has 0 spiro atoms. The van der Waals surface area contributed by atoms with E-state index in [0.717, 1.165) is 5.56 Å². The number of benzene rings is 1. The second kappa shape index (κ2) is 4.25. The Kier molecular flexibility index (Phi) is 3.51. The molecule has 0 saturated carbocycles. The Hall–Kier alpha value is -0.340. The van der Waals surface area contributed by atoms with Crippen LogP contribution < -0.4 is 0 Å². The third kappa shape index (κ3) is 2.32. The van der Waals surface area contributed by atoms with Crippen molar-refractivity contribution >= 4 is 33.3 Å². The number of hydrogen-bond acceptors (Lipinski definition) is 1. The van der Waals surface area contributed by atoms with Gasteiger partial charge in [-0.3, -0.25) is 4.79 Å². The molecule has 0 fully saturated rings. The summed E-state index contributed by atoms with van der Waals surface area (Å²) in [5.74, 6) is 0.0306. The summed E-state index contributed by atoms with van der Waals surface area (Å²) in [6.07, 6.45) is 0. The van der Waals surface area contributed by atoms with E-state index in [1.807, 2.05) is 19.1 Å². The molecule has 3 heteroatoms. The minimum atomic E-state index is -0.189. The van der Waals surface area contributed by atoms with Crippen LogP contribution >= 0.6 is 27.5 Å². The summed E-state index contributed by atoms with van der Waals surface area (Å²) >= 11 is 9.16.